The second-order valence-electron chi connectivity index (χ2n) is 9.47. The number of likely N-dealkylation sites (tertiary alicyclic amines) is 1. The van der Waals surface area contributed by atoms with Crippen molar-refractivity contribution in [3.63, 3.8) is 0 Å². The van der Waals surface area contributed by atoms with Crippen LogP contribution in [0, 0.1) is 31.1 Å². The first kappa shape index (κ1) is 22.3. The Labute approximate surface area is 190 Å². The van der Waals surface area contributed by atoms with E-state index >= 15 is 0 Å². The van der Waals surface area contributed by atoms with Crippen molar-refractivity contribution in [1.29, 1.82) is 0 Å². The first-order chi connectivity index (χ1) is 15.3. The van der Waals surface area contributed by atoms with Gasteiger partial charge in [0.05, 0.1) is 6.61 Å². The van der Waals surface area contributed by atoms with Crippen molar-refractivity contribution in [3.05, 3.63) is 46.2 Å². The van der Waals surface area contributed by atoms with Crippen molar-refractivity contribution in [2.24, 2.45) is 5.41 Å². The number of amides is 1. The maximum absolute atomic E-state index is 13.3. The van der Waals surface area contributed by atoms with Gasteiger partial charge in [0, 0.05) is 31.5 Å². The van der Waals surface area contributed by atoms with Crippen LogP contribution in [0.5, 0.6) is 0 Å². The molecule has 0 atom stereocenters. The standard InChI is InChI=1S/C27H31NO4/c1-4-7-20-14-18(2)24(19(3)15-20)25-21(29)16-27(17-22(25)30)9-11-28(12-10-27)26(31)23-8-5-6-13-32-23/h8,14-15,25H,5-6,9-13,16-17H2,1-3H3. The fraction of sp³-hybridized carbons (Fsp3) is 0.519. The maximum atomic E-state index is 13.3. The second-order valence-corrected chi connectivity index (χ2v) is 9.47. The quantitative estimate of drug-likeness (QED) is 0.523. The highest BCUT2D eigenvalue weighted by Crippen LogP contribution is 2.46. The van der Waals surface area contributed by atoms with Crippen LogP contribution >= 0.6 is 0 Å². The van der Waals surface area contributed by atoms with Gasteiger partial charge in [-0.05, 0) is 86.8 Å². The molecule has 1 saturated heterocycles. The number of ketones is 2. The van der Waals surface area contributed by atoms with Crippen molar-refractivity contribution < 1.29 is 19.1 Å². The second kappa shape index (κ2) is 8.94. The highest BCUT2D eigenvalue weighted by Gasteiger charge is 2.48. The van der Waals surface area contributed by atoms with E-state index in [1.807, 2.05) is 37.0 Å². The third-order valence-corrected chi connectivity index (χ3v) is 7.15. The molecule has 1 aromatic carbocycles. The van der Waals surface area contributed by atoms with Crippen molar-refractivity contribution in [2.75, 3.05) is 19.7 Å². The van der Waals surface area contributed by atoms with Crippen LogP contribution in [0.15, 0.2) is 24.0 Å². The molecule has 0 radical (unpaired) electrons. The molecule has 1 saturated carbocycles. The van der Waals surface area contributed by atoms with E-state index in [0.717, 1.165) is 35.1 Å². The molecule has 0 N–H and O–H groups in total. The van der Waals surface area contributed by atoms with Crippen LogP contribution in [0.2, 0.25) is 0 Å². The zero-order valence-corrected chi connectivity index (χ0v) is 19.3. The van der Waals surface area contributed by atoms with Gasteiger partial charge in [-0.2, -0.15) is 0 Å². The molecule has 1 aromatic rings. The first-order valence-corrected chi connectivity index (χ1v) is 11.6. The van der Waals surface area contributed by atoms with Crippen molar-refractivity contribution in [3.8, 4) is 11.8 Å². The number of hydrogen-bond acceptors (Lipinski definition) is 4. The molecule has 3 aliphatic rings. The number of carbonyl (C=O) groups excluding carboxylic acids is 3. The lowest BCUT2D eigenvalue weighted by Gasteiger charge is -2.45. The fourth-order valence-corrected chi connectivity index (χ4v) is 5.55. The summed E-state index contributed by atoms with van der Waals surface area (Å²) in [7, 11) is 0. The van der Waals surface area contributed by atoms with Crippen LogP contribution in [0.4, 0.5) is 0 Å². The zero-order chi connectivity index (χ0) is 22.9. The lowest BCUT2D eigenvalue weighted by molar-refractivity contribution is -0.140. The van der Waals surface area contributed by atoms with Gasteiger partial charge in [0.15, 0.2) is 5.76 Å². The minimum Gasteiger partial charge on any atom is -0.488 e. The van der Waals surface area contributed by atoms with E-state index in [-0.39, 0.29) is 22.9 Å². The molecule has 1 spiro atoms. The summed E-state index contributed by atoms with van der Waals surface area (Å²) in [4.78, 5) is 41.1. The fourth-order valence-electron chi connectivity index (χ4n) is 5.55. The zero-order valence-electron chi connectivity index (χ0n) is 19.3. The number of ether oxygens (including phenoxy) is 1. The predicted molar refractivity (Wildman–Crippen MR) is 122 cm³/mol. The molecular weight excluding hydrogens is 402 g/mol. The van der Waals surface area contributed by atoms with E-state index in [1.165, 1.54) is 0 Å². The van der Waals surface area contributed by atoms with Crippen LogP contribution < -0.4 is 0 Å². The minimum atomic E-state index is -0.676. The molecule has 2 fully saturated rings. The molecule has 0 bridgehead atoms. The Bertz CT molecular complexity index is 1000. The molecule has 168 valence electrons. The minimum absolute atomic E-state index is 0.0138. The average Bonchev–Trinajstić information content (AvgIpc) is 2.76. The summed E-state index contributed by atoms with van der Waals surface area (Å²) < 4.78 is 5.53. The molecule has 5 nitrogen and oxygen atoms in total. The van der Waals surface area contributed by atoms with Gasteiger partial charge in [0.25, 0.3) is 5.91 Å². The smallest absolute Gasteiger partial charge is 0.288 e. The number of carbonyl (C=O) groups is 3. The monoisotopic (exact) mass is 433 g/mol. The number of nitrogens with zero attached hydrogens (tertiary/aromatic N) is 1. The van der Waals surface area contributed by atoms with Crippen LogP contribution in [0.3, 0.4) is 0 Å². The lowest BCUT2D eigenvalue weighted by atomic mass is 9.62. The predicted octanol–water partition coefficient (Wildman–Crippen LogP) is 3.99. The number of aryl methyl sites for hydroxylation is 2. The Morgan fingerprint density at radius 3 is 2.25 bits per heavy atom. The number of hydrogen-bond donors (Lipinski definition) is 0. The lowest BCUT2D eigenvalue weighted by Crippen LogP contribution is -2.49. The molecule has 32 heavy (non-hydrogen) atoms. The number of allylic oxidation sites excluding steroid dienone is 1. The van der Waals surface area contributed by atoms with Crippen LogP contribution in [-0.2, 0) is 19.1 Å². The summed E-state index contributed by atoms with van der Waals surface area (Å²) in [5, 5.41) is 0. The van der Waals surface area contributed by atoms with E-state index in [2.05, 4.69) is 11.8 Å². The summed E-state index contributed by atoms with van der Waals surface area (Å²) in [6.07, 6.45) is 5.85. The maximum Gasteiger partial charge on any atom is 0.288 e. The third kappa shape index (κ3) is 4.24. The Balaban J connectivity index is 1.48. The highest BCUT2D eigenvalue weighted by atomic mass is 16.5. The van der Waals surface area contributed by atoms with Gasteiger partial charge in [-0.15, -0.1) is 5.92 Å². The summed E-state index contributed by atoms with van der Waals surface area (Å²) in [6.45, 7) is 7.43. The third-order valence-electron chi connectivity index (χ3n) is 7.15. The van der Waals surface area contributed by atoms with Gasteiger partial charge in [-0.1, -0.05) is 5.92 Å². The highest BCUT2D eigenvalue weighted by molar-refractivity contribution is 6.10. The van der Waals surface area contributed by atoms with Crippen molar-refractivity contribution in [1.82, 2.24) is 4.90 Å². The van der Waals surface area contributed by atoms with E-state index in [4.69, 9.17) is 4.74 Å². The van der Waals surface area contributed by atoms with Crippen molar-refractivity contribution >= 4 is 17.5 Å². The Hall–Kier alpha value is -2.87. The van der Waals surface area contributed by atoms with E-state index in [1.54, 1.807) is 6.92 Å². The van der Waals surface area contributed by atoms with Gasteiger partial charge >= 0.3 is 0 Å². The number of piperidine rings is 1. The van der Waals surface area contributed by atoms with Crippen LogP contribution in [0.25, 0.3) is 0 Å². The SMILES string of the molecule is CC#Cc1cc(C)c(C2C(=O)CC3(CCN(C(=O)C4=CCCCO4)CC3)CC2=O)c(C)c1. The molecule has 1 aliphatic carbocycles. The van der Waals surface area contributed by atoms with Gasteiger partial charge in [-0.3, -0.25) is 14.4 Å². The van der Waals surface area contributed by atoms with Gasteiger partial charge in [-0.25, -0.2) is 0 Å². The normalized spacial score (nSPS) is 21.0. The van der Waals surface area contributed by atoms with Gasteiger partial charge in [0.2, 0.25) is 0 Å². The Kier molecular flexibility index (Phi) is 6.24. The molecular formula is C27H31NO4. The van der Waals surface area contributed by atoms with Gasteiger partial charge in [0.1, 0.15) is 17.5 Å². The first-order valence-electron chi connectivity index (χ1n) is 11.6. The summed E-state index contributed by atoms with van der Waals surface area (Å²) in [6, 6.07) is 3.94. The number of benzene rings is 1. The molecule has 2 aliphatic heterocycles. The topological polar surface area (TPSA) is 63.7 Å². The van der Waals surface area contributed by atoms with Crippen molar-refractivity contribution in [2.45, 2.75) is 65.2 Å². The summed E-state index contributed by atoms with van der Waals surface area (Å²) in [5.74, 6) is 5.70. The molecule has 2 heterocycles. The Morgan fingerprint density at radius 1 is 1.09 bits per heavy atom. The largest absolute Gasteiger partial charge is 0.488 e. The van der Waals surface area contributed by atoms with Crippen LogP contribution in [-0.4, -0.2) is 42.1 Å². The van der Waals surface area contributed by atoms with E-state index in [0.29, 0.717) is 51.1 Å². The molecule has 1 amide bonds. The number of rotatable bonds is 2. The summed E-state index contributed by atoms with van der Waals surface area (Å²) >= 11 is 0. The van der Waals surface area contributed by atoms with E-state index in [9.17, 15) is 14.4 Å². The van der Waals surface area contributed by atoms with E-state index < -0.39 is 5.92 Å². The molecule has 0 aromatic heterocycles. The average molecular weight is 434 g/mol. The van der Waals surface area contributed by atoms with Crippen LogP contribution in [0.1, 0.15) is 73.6 Å². The molecule has 5 heteroatoms. The number of Topliss-reactive ketones (excluding diaryl/α,β-unsaturated/α-hetero) is 2. The van der Waals surface area contributed by atoms with Gasteiger partial charge < -0.3 is 9.64 Å². The summed E-state index contributed by atoms with van der Waals surface area (Å²) in [5.41, 5.74) is 3.34. The molecule has 0 unspecified atom stereocenters. The Morgan fingerprint density at radius 2 is 1.72 bits per heavy atom. The molecule has 4 rings (SSSR count).